The first kappa shape index (κ1) is 29.1. The van der Waals surface area contributed by atoms with E-state index in [9.17, 15) is 21.6 Å². The molecule has 224 valence electrons. The van der Waals surface area contributed by atoms with Gasteiger partial charge in [0.1, 0.15) is 11.2 Å². The number of fused-ring (bicyclic) bond motifs is 1. The second-order valence-electron chi connectivity index (χ2n) is 10.5. The van der Waals surface area contributed by atoms with Crippen LogP contribution in [0.5, 0.6) is 0 Å². The van der Waals surface area contributed by atoms with Gasteiger partial charge in [-0.15, -0.1) is 13.2 Å². The van der Waals surface area contributed by atoms with E-state index >= 15 is 0 Å². The Balaban J connectivity index is 1.60. The van der Waals surface area contributed by atoms with Crippen LogP contribution in [0.3, 0.4) is 0 Å². The highest BCUT2D eigenvalue weighted by Crippen LogP contribution is 2.49. The van der Waals surface area contributed by atoms with E-state index in [2.05, 4.69) is 10.2 Å². The average molecular weight is 616 g/mol. The lowest BCUT2D eigenvalue weighted by Crippen LogP contribution is -2.52. The van der Waals surface area contributed by atoms with Gasteiger partial charge in [0.25, 0.3) is 0 Å². The molecule has 10 heteroatoms. The van der Waals surface area contributed by atoms with Crippen molar-refractivity contribution in [3.8, 4) is 0 Å². The van der Waals surface area contributed by atoms with Crippen molar-refractivity contribution in [3.63, 3.8) is 0 Å². The molecule has 1 N–H and O–H groups in total. The summed E-state index contributed by atoms with van der Waals surface area (Å²) < 4.78 is 71.2. The number of ether oxygens (including phenoxy) is 1. The van der Waals surface area contributed by atoms with Crippen molar-refractivity contribution in [1.29, 1.82) is 0 Å². The van der Waals surface area contributed by atoms with E-state index in [1.54, 1.807) is 47.3 Å². The van der Waals surface area contributed by atoms with E-state index in [0.717, 1.165) is 22.9 Å². The number of hydrogen-bond donors (Lipinski definition) is 1. The zero-order valence-corrected chi connectivity index (χ0v) is 24.6. The Hall–Kier alpha value is -4.96. The first-order chi connectivity index (χ1) is 21.0. The minimum atomic E-state index is -5.01. The van der Waals surface area contributed by atoms with Crippen molar-refractivity contribution in [2.75, 3.05) is 11.2 Å². The van der Waals surface area contributed by atoms with Gasteiger partial charge in [-0.2, -0.15) is 0 Å². The van der Waals surface area contributed by atoms with Crippen molar-refractivity contribution in [1.82, 2.24) is 10.4 Å². The average Bonchev–Trinajstić information content (AvgIpc) is 3.36. The fourth-order valence-corrected chi connectivity index (χ4v) is 6.87. The maximum Gasteiger partial charge on any atom is 0.574 e. The molecular formula is C34H28F3N3O3S. The molecule has 2 heterocycles. The third-order valence-electron chi connectivity index (χ3n) is 7.61. The van der Waals surface area contributed by atoms with E-state index in [0.29, 0.717) is 16.9 Å². The molecule has 0 bridgehead atoms. The SMILES string of the molecule is Cc1cc(N2C=CC=C3C2=C(OC(F)(F)F)NN3C(c2ccccc2)(c2ccccc2)c2ccccc2)ccc1S(C)(=O)=O. The van der Waals surface area contributed by atoms with Crippen LogP contribution in [-0.4, -0.2) is 26.0 Å². The van der Waals surface area contributed by atoms with Crippen LogP contribution in [0.2, 0.25) is 0 Å². The number of alkyl halides is 3. The van der Waals surface area contributed by atoms with Gasteiger partial charge in [-0.25, -0.2) is 8.42 Å². The van der Waals surface area contributed by atoms with Crippen LogP contribution in [0.25, 0.3) is 0 Å². The maximum absolute atomic E-state index is 14.0. The van der Waals surface area contributed by atoms with Crippen LogP contribution in [0, 0.1) is 6.92 Å². The van der Waals surface area contributed by atoms with E-state index in [1.165, 1.54) is 6.07 Å². The fraction of sp³-hybridized carbons (Fsp3) is 0.118. The summed E-state index contributed by atoms with van der Waals surface area (Å²) in [4.78, 5) is 1.70. The molecule has 44 heavy (non-hydrogen) atoms. The van der Waals surface area contributed by atoms with Gasteiger partial charge in [-0.05, 0) is 59.5 Å². The Morgan fingerprint density at radius 1 is 0.773 bits per heavy atom. The predicted molar refractivity (Wildman–Crippen MR) is 162 cm³/mol. The molecule has 0 spiro atoms. The van der Waals surface area contributed by atoms with Gasteiger partial charge in [0.05, 0.1) is 10.6 Å². The minimum Gasteiger partial charge on any atom is -0.386 e. The summed E-state index contributed by atoms with van der Waals surface area (Å²) >= 11 is 0. The molecule has 0 saturated carbocycles. The zero-order chi connectivity index (χ0) is 31.1. The standard InChI is InChI=1S/C34H28F3N3O3S/c1-24-23-28(20-21-30(24)44(2,41)42)39-22-12-19-29-31(39)32(43-34(35,36)37)38-40(29)33(25-13-6-3-7-14-25,26-15-8-4-9-16-26)27-17-10-5-11-18-27/h3-23,38H,1-2H3. The van der Waals surface area contributed by atoms with Gasteiger partial charge < -0.3 is 9.64 Å². The second-order valence-corrected chi connectivity index (χ2v) is 12.5. The first-order valence-corrected chi connectivity index (χ1v) is 15.6. The smallest absolute Gasteiger partial charge is 0.386 e. The number of halogens is 3. The van der Waals surface area contributed by atoms with Crippen LogP contribution in [0.1, 0.15) is 22.3 Å². The minimum absolute atomic E-state index is 0.114. The molecule has 6 rings (SSSR count). The lowest BCUT2D eigenvalue weighted by atomic mass is 9.76. The molecule has 0 saturated heterocycles. The Labute approximate surface area is 253 Å². The molecule has 0 aliphatic carbocycles. The summed E-state index contributed by atoms with van der Waals surface area (Å²) in [5.41, 5.74) is 5.68. The monoisotopic (exact) mass is 615 g/mol. The molecule has 2 aliphatic heterocycles. The third-order valence-corrected chi connectivity index (χ3v) is 8.86. The Kier molecular flexibility index (Phi) is 7.25. The highest BCUT2D eigenvalue weighted by Gasteiger charge is 2.51. The normalized spacial score (nSPS) is 15.2. The number of nitrogens with one attached hydrogen (secondary N) is 1. The molecule has 0 radical (unpaired) electrons. The third kappa shape index (κ3) is 5.11. The summed E-state index contributed by atoms with van der Waals surface area (Å²) in [5, 5.41) is 1.71. The van der Waals surface area contributed by atoms with Crippen molar-refractivity contribution < 1.29 is 26.3 Å². The van der Waals surface area contributed by atoms with Crippen molar-refractivity contribution in [2.45, 2.75) is 23.7 Å². The number of anilines is 1. The lowest BCUT2D eigenvalue weighted by molar-refractivity contribution is -0.309. The largest absolute Gasteiger partial charge is 0.574 e. The van der Waals surface area contributed by atoms with Crippen molar-refractivity contribution >= 4 is 15.5 Å². The molecule has 0 amide bonds. The Morgan fingerprint density at radius 2 is 1.30 bits per heavy atom. The van der Waals surface area contributed by atoms with Crippen molar-refractivity contribution in [2.24, 2.45) is 0 Å². The van der Waals surface area contributed by atoms with Gasteiger partial charge in [0.2, 0.25) is 5.88 Å². The van der Waals surface area contributed by atoms with Crippen molar-refractivity contribution in [3.05, 3.63) is 167 Å². The van der Waals surface area contributed by atoms with Crippen LogP contribution in [0.15, 0.2) is 150 Å². The zero-order valence-electron chi connectivity index (χ0n) is 23.8. The molecule has 2 aliphatic rings. The molecule has 0 aromatic heterocycles. The number of hydrazine groups is 1. The summed E-state index contributed by atoms with van der Waals surface area (Å²) in [6.45, 7) is 1.65. The molecule has 4 aromatic carbocycles. The number of hydrogen-bond acceptors (Lipinski definition) is 6. The molecule has 4 aromatic rings. The quantitative estimate of drug-likeness (QED) is 0.223. The van der Waals surface area contributed by atoms with Gasteiger partial charge in [0.15, 0.2) is 9.84 Å². The highest BCUT2D eigenvalue weighted by molar-refractivity contribution is 7.90. The second kappa shape index (κ2) is 10.9. The molecule has 0 fully saturated rings. The van der Waals surface area contributed by atoms with Gasteiger partial charge in [0, 0.05) is 18.1 Å². The summed E-state index contributed by atoms with van der Waals surface area (Å²) in [7, 11) is -3.51. The van der Waals surface area contributed by atoms with Gasteiger partial charge >= 0.3 is 6.36 Å². The molecule has 0 unspecified atom stereocenters. The topological polar surface area (TPSA) is 61.9 Å². The van der Waals surface area contributed by atoms with E-state index in [-0.39, 0.29) is 10.6 Å². The summed E-state index contributed by atoms with van der Waals surface area (Å²) in [6.07, 6.45) is 1.19. The Morgan fingerprint density at radius 3 is 1.75 bits per heavy atom. The number of aryl methyl sites for hydroxylation is 1. The first-order valence-electron chi connectivity index (χ1n) is 13.7. The predicted octanol–water partition coefficient (Wildman–Crippen LogP) is 7.13. The summed E-state index contributed by atoms with van der Waals surface area (Å²) in [5.74, 6) is -0.523. The summed E-state index contributed by atoms with van der Waals surface area (Å²) in [6, 6.07) is 33.3. The Bertz CT molecular complexity index is 1790. The van der Waals surface area contributed by atoms with E-state index in [4.69, 9.17) is 0 Å². The highest BCUT2D eigenvalue weighted by atomic mass is 32.2. The van der Waals surface area contributed by atoms with E-state index < -0.39 is 27.6 Å². The lowest BCUT2D eigenvalue weighted by Gasteiger charge is -2.45. The van der Waals surface area contributed by atoms with Gasteiger partial charge in [-0.1, -0.05) is 91.0 Å². The van der Waals surface area contributed by atoms with Crippen LogP contribution in [-0.2, 0) is 20.1 Å². The van der Waals surface area contributed by atoms with Crippen LogP contribution >= 0.6 is 0 Å². The van der Waals surface area contributed by atoms with E-state index in [1.807, 2.05) is 91.0 Å². The molecule has 6 nitrogen and oxygen atoms in total. The number of allylic oxidation sites excluding steroid dienone is 2. The maximum atomic E-state index is 14.0. The number of sulfone groups is 1. The molecular weight excluding hydrogens is 587 g/mol. The number of rotatable bonds is 7. The fourth-order valence-electron chi connectivity index (χ4n) is 5.91. The van der Waals surface area contributed by atoms with Crippen LogP contribution < -0.4 is 10.3 Å². The number of nitrogens with zero attached hydrogens (tertiary/aromatic N) is 2. The number of benzene rings is 4. The molecule has 0 atom stereocenters. The van der Waals surface area contributed by atoms with Gasteiger partial charge in [-0.3, -0.25) is 10.4 Å². The van der Waals surface area contributed by atoms with Crippen LogP contribution in [0.4, 0.5) is 18.9 Å².